The fraction of sp³-hybridized carbons (Fsp3) is 0.273. The summed E-state index contributed by atoms with van der Waals surface area (Å²) in [5.74, 6) is 1.26. The zero-order valence-corrected chi connectivity index (χ0v) is 10.7. The zero-order chi connectivity index (χ0) is 13.0. The summed E-state index contributed by atoms with van der Waals surface area (Å²) in [4.78, 5) is 8.46. The summed E-state index contributed by atoms with van der Waals surface area (Å²) < 4.78 is 4.89. The van der Waals surface area contributed by atoms with Gasteiger partial charge in [0.2, 0.25) is 5.89 Å². The van der Waals surface area contributed by atoms with Crippen LogP contribution in [0.2, 0.25) is 0 Å². The molecule has 2 aromatic heterocycles. The van der Waals surface area contributed by atoms with Crippen LogP contribution < -0.4 is 11.1 Å². The number of hydrogen-bond acceptors (Lipinski definition) is 6. The minimum absolute atomic E-state index is 0.285. The maximum atomic E-state index is 5.51. The Balaban J connectivity index is 1.90. The lowest BCUT2D eigenvalue weighted by Crippen LogP contribution is -2.12. The predicted molar refractivity (Wildman–Crippen MR) is 71.4 cm³/mol. The van der Waals surface area contributed by atoms with Crippen molar-refractivity contribution >= 4 is 22.9 Å². The van der Waals surface area contributed by atoms with Gasteiger partial charge in [-0.25, -0.2) is 0 Å². The highest BCUT2D eigenvalue weighted by Gasteiger charge is 2.03. The first-order valence-corrected chi connectivity index (χ1v) is 5.85. The smallest absolute Gasteiger partial charge is 0.223 e. The normalized spacial score (nSPS) is 10.3. The molecule has 18 heavy (non-hydrogen) atoms. The highest BCUT2D eigenvalue weighted by molar-refractivity contribution is 7.80. The van der Waals surface area contributed by atoms with E-state index in [0.717, 1.165) is 5.69 Å². The molecule has 0 aliphatic rings. The summed E-state index contributed by atoms with van der Waals surface area (Å²) in [5, 5.41) is 7.03. The SMILES string of the molecule is Cc1nc(CCNc2ccnc(C(N)=S)c2)no1. The molecule has 7 heteroatoms. The van der Waals surface area contributed by atoms with Crippen LogP contribution in [0.25, 0.3) is 0 Å². The third-order valence-electron chi connectivity index (χ3n) is 2.26. The fourth-order valence-electron chi connectivity index (χ4n) is 1.44. The molecule has 0 atom stereocenters. The maximum absolute atomic E-state index is 5.51. The number of nitrogens with zero attached hydrogens (tertiary/aromatic N) is 3. The van der Waals surface area contributed by atoms with Gasteiger partial charge < -0.3 is 15.6 Å². The number of aryl methyl sites for hydroxylation is 1. The van der Waals surface area contributed by atoms with E-state index < -0.39 is 0 Å². The number of rotatable bonds is 5. The summed E-state index contributed by atoms with van der Waals surface area (Å²) in [6, 6.07) is 3.66. The lowest BCUT2D eigenvalue weighted by molar-refractivity contribution is 0.387. The molecule has 0 aliphatic heterocycles. The number of thiocarbonyl (C=S) groups is 1. The Morgan fingerprint density at radius 2 is 2.39 bits per heavy atom. The van der Waals surface area contributed by atoms with Gasteiger partial charge in [0.25, 0.3) is 0 Å². The van der Waals surface area contributed by atoms with Crippen molar-refractivity contribution in [2.24, 2.45) is 5.73 Å². The topological polar surface area (TPSA) is 89.9 Å². The van der Waals surface area contributed by atoms with Gasteiger partial charge in [0.15, 0.2) is 5.82 Å². The second-order valence-corrected chi connectivity index (χ2v) is 4.14. The van der Waals surface area contributed by atoms with E-state index >= 15 is 0 Å². The molecule has 0 unspecified atom stereocenters. The quantitative estimate of drug-likeness (QED) is 0.779. The summed E-state index contributed by atoms with van der Waals surface area (Å²) in [6.07, 6.45) is 2.34. The Kier molecular flexibility index (Phi) is 3.83. The minimum Gasteiger partial charge on any atom is -0.388 e. The Bertz CT molecular complexity index is 554. The summed E-state index contributed by atoms with van der Waals surface area (Å²) in [5.41, 5.74) is 7.03. The van der Waals surface area contributed by atoms with E-state index in [0.29, 0.717) is 30.4 Å². The number of nitrogens with one attached hydrogen (secondary N) is 1. The summed E-state index contributed by atoms with van der Waals surface area (Å²) >= 11 is 4.87. The third-order valence-corrected chi connectivity index (χ3v) is 2.47. The highest BCUT2D eigenvalue weighted by Crippen LogP contribution is 2.08. The standard InChI is InChI=1S/C11H13N5OS/c1-7-15-10(16-17-7)3-5-13-8-2-4-14-9(6-8)11(12)18/h2,4,6H,3,5H2,1H3,(H2,12,18)(H,13,14). The van der Waals surface area contributed by atoms with Crippen LogP contribution in [0.1, 0.15) is 17.4 Å². The largest absolute Gasteiger partial charge is 0.388 e. The molecule has 0 fully saturated rings. The molecule has 0 spiro atoms. The average molecular weight is 263 g/mol. The second-order valence-electron chi connectivity index (χ2n) is 3.70. The van der Waals surface area contributed by atoms with Crippen LogP contribution in [0.15, 0.2) is 22.9 Å². The van der Waals surface area contributed by atoms with Gasteiger partial charge >= 0.3 is 0 Å². The number of anilines is 1. The van der Waals surface area contributed by atoms with Crippen LogP contribution in [0.4, 0.5) is 5.69 Å². The number of pyridine rings is 1. The van der Waals surface area contributed by atoms with E-state index in [2.05, 4.69) is 20.4 Å². The van der Waals surface area contributed by atoms with Gasteiger partial charge in [-0.3, -0.25) is 4.98 Å². The van der Waals surface area contributed by atoms with Crippen LogP contribution in [0.5, 0.6) is 0 Å². The predicted octanol–water partition coefficient (Wildman–Crippen LogP) is 1.06. The lowest BCUT2D eigenvalue weighted by atomic mass is 10.3. The lowest BCUT2D eigenvalue weighted by Gasteiger charge is -2.05. The molecule has 2 heterocycles. The molecule has 2 rings (SSSR count). The monoisotopic (exact) mass is 263 g/mol. The molecule has 94 valence electrons. The van der Waals surface area contributed by atoms with Crippen LogP contribution in [-0.2, 0) is 6.42 Å². The van der Waals surface area contributed by atoms with Gasteiger partial charge in [-0.2, -0.15) is 4.98 Å². The van der Waals surface area contributed by atoms with E-state index in [1.807, 2.05) is 12.1 Å². The molecule has 0 bridgehead atoms. The van der Waals surface area contributed by atoms with Crippen molar-refractivity contribution in [3.63, 3.8) is 0 Å². The average Bonchev–Trinajstić information content (AvgIpc) is 2.75. The first-order chi connectivity index (χ1) is 8.65. The van der Waals surface area contributed by atoms with E-state index in [4.69, 9.17) is 22.5 Å². The molecule has 0 amide bonds. The number of aromatic nitrogens is 3. The molecular formula is C11H13N5OS. The van der Waals surface area contributed by atoms with Crippen LogP contribution in [0, 0.1) is 6.92 Å². The Morgan fingerprint density at radius 3 is 3.06 bits per heavy atom. The first kappa shape index (κ1) is 12.4. The van der Waals surface area contributed by atoms with Gasteiger partial charge in [-0.05, 0) is 12.1 Å². The van der Waals surface area contributed by atoms with Gasteiger partial charge in [0.05, 0.1) is 5.69 Å². The minimum atomic E-state index is 0.285. The van der Waals surface area contributed by atoms with Crippen molar-refractivity contribution < 1.29 is 4.52 Å². The highest BCUT2D eigenvalue weighted by atomic mass is 32.1. The molecule has 0 saturated carbocycles. The van der Waals surface area contributed by atoms with Crippen molar-refractivity contribution in [1.29, 1.82) is 0 Å². The van der Waals surface area contributed by atoms with Gasteiger partial charge in [-0.15, -0.1) is 0 Å². The van der Waals surface area contributed by atoms with E-state index in [1.165, 1.54) is 0 Å². The Labute approximate surface area is 110 Å². The Hall–Kier alpha value is -2.02. The third kappa shape index (κ3) is 3.24. The van der Waals surface area contributed by atoms with Crippen molar-refractivity contribution in [2.75, 3.05) is 11.9 Å². The maximum Gasteiger partial charge on any atom is 0.223 e. The van der Waals surface area contributed by atoms with Crippen molar-refractivity contribution in [3.05, 3.63) is 35.7 Å². The molecule has 3 N–H and O–H groups in total. The molecule has 6 nitrogen and oxygen atoms in total. The molecule has 0 aromatic carbocycles. The van der Waals surface area contributed by atoms with E-state index in [-0.39, 0.29) is 4.99 Å². The molecule has 0 aliphatic carbocycles. The molecule has 0 radical (unpaired) electrons. The van der Waals surface area contributed by atoms with Gasteiger partial charge in [0, 0.05) is 31.8 Å². The van der Waals surface area contributed by atoms with Crippen molar-refractivity contribution in [2.45, 2.75) is 13.3 Å². The fourth-order valence-corrected chi connectivity index (χ4v) is 1.55. The van der Waals surface area contributed by atoms with Crippen LogP contribution >= 0.6 is 12.2 Å². The van der Waals surface area contributed by atoms with Crippen LogP contribution in [-0.4, -0.2) is 26.7 Å². The van der Waals surface area contributed by atoms with Crippen LogP contribution in [0.3, 0.4) is 0 Å². The molecule has 0 saturated heterocycles. The number of hydrogen-bond donors (Lipinski definition) is 2. The Morgan fingerprint density at radius 1 is 1.56 bits per heavy atom. The second kappa shape index (κ2) is 5.54. The van der Waals surface area contributed by atoms with Gasteiger partial charge in [-0.1, -0.05) is 17.4 Å². The molecular weight excluding hydrogens is 250 g/mol. The van der Waals surface area contributed by atoms with Gasteiger partial charge in [0.1, 0.15) is 4.99 Å². The van der Waals surface area contributed by atoms with E-state index in [1.54, 1.807) is 13.1 Å². The summed E-state index contributed by atoms with van der Waals surface area (Å²) in [6.45, 7) is 2.46. The van der Waals surface area contributed by atoms with E-state index in [9.17, 15) is 0 Å². The summed E-state index contributed by atoms with van der Waals surface area (Å²) in [7, 11) is 0. The van der Waals surface area contributed by atoms with Crippen molar-refractivity contribution in [1.82, 2.24) is 15.1 Å². The number of nitrogens with two attached hydrogens (primary N) is 1. The molecule has 2 aromatic rings. The van der Waals surface area contributed by atoms with Crippen molar-refractivity contribution in [3.8, 4) is 0 Å². The first-order valence-electron chi connectivity index (χ1n) is 5.44. The zero-order valence-electron chi connectivity index (χ0n) is 9.88.